The molecule has 0 radical (unpaired) electrons. The molecule has 0 bridgehead atoms. The number of hydrogen-bond acceptors (Lipinski definition) is 5. The summed E-state index contributed by atoms with van der Waals surface area (Å²) in [5.74, 6) is -0.979. The lowest BCUT2D eigenvalue weighted by atomic mass is 10.1. The number of nitriles is 1. The zero-order valence-corrected chi connectivity index (χ0v) is 13.7. The van der Waals surface area contributed by atoms with Crippen molar-refractivity contribution in [2.75, 3.05) is 0 Å². The van der Waals surface area contributed by atoms with Gasteiger partial charge in [0.15, 0.2) is 5.82 Å². The third-order valence-corrected chi connectivity index (χ3v) is 3.82. The number of aromatic nitrogens is 2. The topological polar surface area (TPSA) is 85.0 Å². The van der Waals surface area contributed by atoms with Crippen LogP contribution in [0.3, 0.4) is 0 Å². The lowest BCUT2D eigenvalue weighted by molar-refractivity contribution is -0.144. The summed E-state index contributed by atoms with van der Waals surface area (Å²) in [4.78, 5) is 28.8. The Balaban J connectivity index is 1.83. The van der Waals surface area contributed by atoms with Crippen molar-refractivity contribution in [1.82, 2.24) is 9.55 Å². The van der Waals surface area contributed by atoms with Gasteiger partial charge in [-0.1, -0.05) is 30.3 Å². The quantitative estimate of drug-likeness (QED) is 0.659. The molecule has 0 aliphatic carbocycles. The Morgan fingerprint density at radius 2 is 1.92 bits per heavy atom. The first kappa shape index (κ1) is 17.3. The highest BCUT2D eigenvalue weighted by Gasteiger charge is 2.14. The summed E-state index contributed by atoms with van der Waals surface area (Å²) < 4.78 is 19.9. The molecule has 1 aromatic heterocycles. The number of carbonyl (C=O) groups excluding carboxylic acids is 1. The molecule has 7 heteroatoms. The number of fused-ring (bicyclic) bond motifs is 1. The zero-order valence-electron chi connectivity index (χ0n) is 13.7. The number of para-hydroxylation sites is 1. The summed E-state index contributed by atoms with van der Waals surface area (Å²) in [6.45, 7) is -0.494. The van der Waals surface area contributed by atoms with Crippen LogP contribution in [0.25, 0.3) is 10.9 Å². The van der Waals surface area contributed by atoms with E-state index in [0.717, 1.165) is 0 Å². The van der Waals surface area contributed by atoms with Crippen LogP contribution in [0, 0.1) is 17.1 Å². The summed E-state index contributed by atoms with van der Waals surface area (Å²) in [7, 11) is 0. The minimum absolute atomic E-state index is 0.164. The van der Waals surface area contributed by atoms with E-state index in [4.69, 9.17) is 10.00 Å². The number of carbonyl (C=O) groups is 1. The molecule has 3 aromatic rings. The number of hydrogen-bond donors (Lipinski definition) is 0. The van der Waals surface area contributed by atoms with Gasteiger partial charge in [0.2, 0.25) is 0 Å². The first-order valence-corrected chi connectivity index (χ1v) is 7.84. The molecule has 0 spiro atoms. The van der Waals surface area contributed by atoms with Gasteiger partial charge in [-0.3, -0.25) is 14.2 Å². The molecule has 1 heterocycles. The predicted octanol–water partition coefficient (Wildman–Crippen LogP) is 2.35. The molecular formula is C19H14FN3O3. The van der Waals surface area contributed by atoms with Crippen molar-refractivity contribution in [3.05, 3.63) is 76.1 Å². The van der Waals surface area contributed by atoms with Gasteiger partial charge in [-0.25, -0.2) is 9.37 Å². The van der Waals surface area contributed by atoms with Crippen molar-refractivity contribution in [2.24, 2.45) is 0 Å². The van der Waals surface area contributed by atoms with E-state index in [0.29, 0.717) is 10.9 Å². The molecule has 130 valence electrons. The number of ether oxygens (including phenoxy) is 1. The molecule has 0 aliphatic heterocycles. The van der Waals surface area contributed by atoms with Crippen molar-refractivity contribution < 1.29 is 13.9 Å². The van der Waals surface area contributed by atoms with Gasteiger partial charge in [-0.15, -0.1) is 0 Å². The monoisotopic (exact) mass is 351 g/mol. The fraction of sp³-hybridized carbons (Fsp3) is 0.158. The van der Waals surface area contributed by atoms with Crippen molar-refractivity contribution in [2.45, 2.75) is 19.6 Å². The molecule has 0 atom stereocenters. The Labute approximate surface area is 148 Å². The van der Waals surface area contributed by atoms with Gasteiger partial charge in [-0.2, -0.15) is 5.26 Å². The Bertz CT molecular complexity index is 1070. The van der Waals surface area contributed by atoms with Gasteiger partial charge in [0.05, 0.1) is 23.4 Å². The van der Waals surface area contributed by atoms with Crippen LogP contribution < -0.4 is 5.56 Å². The maximum Gasteiger partial charge on any atom is 0.310 e. The lowest BCUT2D eigenvalue weighted by Crippen LogP contribution is -2.26. The van der Waals surface area contributed by atoms with Gasteiger partial charge in [-0.05, 0) is 23.8 Å². The molecule has 6 nitrogen and oxygen atoms in total. The number of nitrogens with zero attached hydrogens (tertiary/aromatic N) is 3. The summed E-state index contributed by atoms with van der Waals surface area (Å²) >= 11 is 0. The second-order valence-electron chi connectivity index (χ2n) is 5.52. The molecule has 0 unspecified atom stereocenters. The maximum absolute atomic E-state index is 13.6. The fourth-order valence-electron chi connectivity index (χ4n) is 2.55. The molecule has 3 rings (SSSR count). The summed E-state index contributed by atoms with van der Waals surface area (Å²) in [5, 5.41) is 9.34. The van der Waals surface area contributed by atoms with Gasteiger partial charge < -0.3 is 4.74 Å². The highest BCUT2D eigenvalue weighted by atomic mass is 19.1. The maximum atomic E-state index is 13.6. The molecule has 2 aromatic carbocycles. The van der Waals surface area contributed by atoms with E-state index >= 15 is 0 Å². The lowest BCUT2D eigenvalue weighted by Gasteiger charge is -2.11. The Kier molecular flexibility index (Phi) is 5.04. The molecule has 0 fully saturated rings. The van der Waals surface area contributed by atoms with Gasteiger partial charge in [0, 0.05) is 0 Å². The largest absolute Gasteiger partial charge is 0.457 e. The third-order valence-electron chi connectivity index (χ3n) is 3.82. The number of halogens is 1. The average molecular weight is 351 g/mol. The van der Waals surface area contributed by atoms with Crippen LogP contribution in [0.1, 0.15) is 11.4 Å². The number of rotatable bonds is 5. The van der Waals surface area contributed by atoms with Crippen molar-refractivity contribution >= 4 is 16.9 Å². The second-order valence-corrected chi connectivity index (χ2v) is 5.52. The van der Waals surface area contributed by atoms with Gasteiger partial charge in [0.25, 0.3) is 5.56 Å². The van der Waals surface area contributed by atoms with Gasteiger partial charge >= 0.3 is 5.97 Å². The van der Waals surface area contributed by atoms with E-state index in [-0.39, 0.29) is 36.5 Å². The first-order valence-electron chi connectivity index (χ1n) is 7.84. The predicted molar refractivity (Wildman–Crippen MR) is 91.5 cm³/mol. The van der Waals surface area contributed by atoms with Crippen molar-refractivity contribution in [3.8, 4) is 6.07 Å². The average Bonchev–Trinajstić information content (AvgIpc) is 2.64. The van der Waals surface area contributed by atoms with Crippen LogP contribution in [0.15, 0.2) is 53.3 Å². The Morgan fingerprint density at radius 3 is 2.69 bits per heavy atom. The highest BCUT2D eigenvalue weighted by molar-refractivity contribution is 5.77. The van der Waals surface area contributed by atoms with Crippen LogP contribution in [0.2, 0.25) is 0 Å². The van der Waals surface area contributed by atoms with E-state index < -0.39 is 11.8 Å². The summed E-state index contributed by atoms with van der Waals surface area (Å²) in [6.07, 6.45) is -0.233. The molecule has 0 saturated carbocycles. The molecule has 0 amide bonds. The molecule has 26 heavy (non-hydrogen) atoms. The van der Waals surface area contributed by atoms with Crippen LogP contribution in [0.4, 0.5) is 4.39 Å². The Hall–Kier alpha value is -3.53. The van der Waals surface area contributed by atoms with Crippen molar-refractivity contribution in [1.29, 1.82) is 5.26 Å². The number of esters is 1. The van der Waals surface area contributed by atoms with Crippen LogP contribution >= 0.6 is 0 Å². The molecule has 0 N–H and O–H groups in total. The molecule has 0 aliphatic rings. The van der Waals surface area contributed by atoms with Crippen LogP contribution in [-0.4, -0.2) is 15.5 Å². The molecular weight excluding hydrogens is 337 g/mol. The Morgan fingerprint density at radius 1 is 1.19 bits per heavy atom. The SMILES string of the molecule is N#CCn1c(COC(=O)Cc2ccccc2F)nc2ccccc2c1=O. The minimum Gasteiger partial charge on any atom is -0.457 e. The minimum atomic E-state index is -0.652. The van der Waals surface area contributed by atoms with E-state index in [1.165, 1.54) is 22.8 Å². The van der Waals surface area contributed by atoms with E-state index in [9.17, 15) is 14.0 Å². The normalized spacial score (nSPS) is 10.5. The first-order chi connectivity index (χ1) is 12.6. The van der Waals surface area contributed by atoms with Crippen LogP contribution in [0.5, 0.6) is 0 Å². The summed E-state index contributed by atoms with van der Waals surface area (Å²) in [5.41, 5.74) is 0.294. The van der Waals surface area contributed by atoms with Crippen molar-refractivity contribution in [3.63, 3.8) is 0 Å². The van der Waals surface area contributed by atoms with Gasteiger partial charge in [0.1, 0.15) is 19.0 Å². The highest BCUT2D eigenvalue weighted by Crippen LogP contribution is 2.11. The van der Waals surface area contributed by atoms with E-state index in [1.54, 1.807) is 30.3 Å². The van der Waals surface area contributed by atoms with E-state index in [2.05, 4.69) is 4.98 Å². The second kappa shape index (κ2) is 7.57. The molecule has 0 saturated heterocycles. The summed E-state index contributed by atoms with van der Waals surface area (Å²) in [6, 6.07) is 14.5. The van der Waals surface area contributed by atoms with E-state index in [1.807, 2.05) is 6.07 Å². The third kappa shape index (κ3) is 3.59. The number of benzene rings is 2. The van der Waals surface area contributed by atoms with Crippen LogP contribution in [-0.2, 0) is 29.1 Å². The fourth-order valence-corrected chi connectivity index (χ4v) is 2.55. The smallest absolute Gasteiger partial charge is 0.310 e. The standard InChI is InChI=1S/C19H14FN3O3/c20-15-7-3-1-5-13(15)11-18(24)26-12-17-22-16-8-4-2-6-14(16)19(25)23(17)10-9-21/h1-8H,10-12H2. The zero-order chi connectivity index (χ0) is 18.5.